The van der Waals surface area contributed by atoms with Crippen molar-refractivity contribution in [2.45, 2.75) is 25.0 Å². The summed E-state index contributed by atoms with van der Waals surface area (Å²) in [5, 5.41) is 10.4. The van der Waals surface area contributed by atoms with Crippen molar-refractivity contribution in [1.29, 1.82) is 0 Å². The van der Waals surface area contributed by atoms with E-state index in [-0.39, 0.29) is 11.9 Å². The van der Waals surface area contributed by atoms with Crippen molar-refractivity contribution >= 4 is 5.91 Å². The molecule has 2 heterocycles. The molecule has 0 radical (unpaired) electrons. The summed E-state index contributed by atoms with van der Waals surface area (Å²) in [7, 11) is 6.94. The molecule has 3 rings (SSSR count). The Morgan fingerprint density at radius 2 is 2.00 bits per heavy atom. The quantitative estimate of drug-likeness (QED) is 0.706. The Labute approximate surface area is 165 Å². The van der Waals surface area contributed by atoms with Crippen LogP contribution in [0.5, 0.6) is 11.5 Å². The Kier molecular flexibility index (Phi) is 6.53. The number of rotatable bonds is 8. The van der Waals surface area contributed by atoms with Crippen LogP contribution in [0, 0.1) is 0 Å². The molecule has 0 bridgehead atoms. The lowest BCUT2D eigenvalue weighted by Crippen LogP contribution is -2.43. The minimum Gasteiger partial charge on any atom is -0.497 e. The van der Waals surface area contributed by atoms with Crippen molar-refractivity contribution in [3.8, 4) is 11.5 Å². The number of carbonyl (C=O) groups excluding carboxylic acids is 1. The van der Waals surface area contributed by atoms with Crippen LogP contribution in [0.25, 0.3) is 0 Å². The van der Waals surface area contributed by atoms with E-state index in [0.717, 1.165) is 48.7 Å². The number of likely N-dealkylation sites (N-methyl/N-ethyl adjacent to an activating group) is 1. The SMILES string of the molecule is CNC(C(=O)NC1CCN(Cc2cc(OC)cc(OC)c2)C1)c1cnn(C)c1. The van der Waals surface area contributed by atoms with E-state index >= 15 is 0 Å². The molecule has 0 aliphatic carbocycles. The standard InChI is InChI=1S/C20H29N5O3/c1-21-19(15-10-22-24(2)12-15)20(26)23-16-5-6-25(13-16)11-14-7-17(27-3)9-18(8-14)28-4/h7-10,12,16,19,21H,5-6,11,13H2,1-4H3,(H,23,26). The first kappa shape index (κ1) is 20.2. The number of nitrogens with zero attached hydrogens (tertiary/aromatic N) is 3. The Balaban J connectivity index is 1.57. The smallest absolute Gasteiger partial charge is 0.242 e. The van der Waals surface area contributed by atoms with Gasteiger partial charge in [-0.2, -0.15) is 5.10 Å². The average Bonchev–Trinajstić information content (AvgIpc) is 3.31. The highest BCUT2D eigenvalue weighted by Crippen LogP contribution is 2.24. The number of aromatic nitrogens is 2. The summed E-state index contributed by atoms with van der Waals surface area (Å²) in [6.07, 6.45) is 4.51. The number of aryl methyl sites for hydroxylation is 1. The number of benzene rings is 1. The predicted molar refractivity (Wildman–Crippen MR) is 106 cm³/mol. The monoisotopic (exact) mass is 387 g/mol. The molecular formula is C20H29N5O3. The molecule has 152 valence electrons. The summed E-state index contributed by atoms with van der Waals surface area (Å²) in [4.78, 5) is 15.0. The third kappa shape index (κ3) is 4.82. The Bertz CT molecular complexity index is 785. The molecule has 1 saturated heterocycles. The lowest BCUT2D eigenvalue weighted by Gasteiger charge is -2.20. The van der Waals surface area contributed by atoms with Gasteiger partial charge in [-0.15, -0.1) is 0 Å². The van der Waals surface area contributed by atoms with Crippen molar-refractivity contribution < 1.29 is 14.3 Å². The van der Waals surface area contributed by atoms with Gasteiger partial charge in [-0.1, -0.05) is 0 Å². The molecular weight excluding hydrogens is 358 g/mol. The molecule has 2 N–H and O–H groups in total. The molecule has 0 spiro atoms. The molecule has 1 fully saturated rings. The highest BCUT2D eigenvalue weighted by molar-refractivity contribution is 5.83. The molecule has 8 nitrogen and oxygen atoms in total. The van der Waals surface area contributed by atoms with Gasteiger partial charge in [-0.05, 0) is 31.2 Å². The van der Waals surface area contributed by atoms with Crippen LogP contribution in [-0.2, 0) is 18.4 Å². The minimum atomic E-state index is -0.398. The van der Waals surface area contributed by atoms with Crippen LogP contribution in [0.2, 0.25) is 0 Å². The molecule has 2 aromatic rings. The molecule has 2 atom stereocenters. The zero-order valence-corrected chi connectivity index (χ0v) is 16.9. The predicted octanol–water partition coefficient (Wildman–Crippen LogP) is 1.09. The first-order chi connectivity index (χ1) is 13.5. The van der Waals surface area contributed by atoms with Crippen LogP contribution in [-0.4, -0.2) is 61.0 Å². The Morgan fingerprint density at radius 1 is 1.29 bits per heavy atom. The fourth-order valence-corrected chi connectivity index (χ4v) is 3.63. The molecule has 1 aliphatic rings. The van der Waals surface area contributed by atoms with E-state index < -0.39 is 6.04 Å². The van der Waals surface area contributed by atoms with Crippen molar-refractivity contribution in [2.75, 3.05) is 34.4 Å². The summed E-state index contributed by atoms with van der Waals surface area (Å²) >= 11 is 0. The van der Waals surface area contributed by atoms with Crippen LogP contribution >= 0.6 is 0 Å². The third-order valence-corrected chi connectivity index (χ3v) is 5.05. The fraction of sp³-hybridized carbons (Fsp3) is 0.500. The number of methoxy groups -OCH3 is 2. The summed E-state index contributed by atoms with van der Waals surface area (Å²) < 4.78 is 12.4. The van der Waals surface area contributed by atoms with Crippen molar-refractivity contribution in [3.63, 3.8) is 0 Å². The van der Waals surface area contributed by atoms with Gasteiger partial charge in [0.1, 0.15) is 17.5 Å². The van der Waals surface area contributed by atoms with E-state index in [1.54, 1.807) is 32.1 Å². The molecule has 1 aliphatic heterocycles. The first-order valence-corrected chi connectivity index (χ1v) is 9.43. The maximum atomic E-state index is 12.7. The molecule has 1 amide bonds. The van der Waals surface area contributed by atoms with Crippen molar-refractivity contribution in [1.82, 2.24) is 25.3 Å². The second-order valence-electron chi connectivity index (χ2n) is 7.12. The number of likely N-dealkylation sites (tertiary alicyclic amines) is 1. The maximum absolute atomic E-state index is 12.7. The van der Waals surface area contributed by atoms with Gasteiger partial charge in [0.25, 0.3) is 0 Å². The van der Waals surface area contributed by atoms with Gasteiger partial charge in [-0.25, -0.2) is 0 Å². The van der Waals surface area contributed by atoms with Crippen LogP contribution < -0.4 is 20.1 Å². The van der Waals surface area contributed by atoms with E-state index in [1.807, 2.05) is 31.4 Å². The topological polar surface area (TPSA) is 80.7 Å². The number of amides is 1. The molecule has 8 heteroatoms. The number of carbonyl (C=O) groups is 1. The van der Waals surface area contributed by atoms with E-state index in [4.69, 9.17) is 9.47 Å². The highest BCUT2D eigenvalue weighted by Gasteiger charge is 2.27. The van der Waals surface area contributed by atoms with Crippen LogP contribution in [0.3, 0.4) is 0 Å². The summed E-state index contributed by atoms with van der Waals surface area (Å²) in [5.74, 6) is 1.55. The maximum Gasteiger partial charge on any atom is 0.242 e. The van der Waals surface area contributed by atoms with Crippen LogP contribution in [0.1, 0.15) is 23.6 Å². The van der Waals surface area contributed by atoms with Gasteiger partial charge in [0.15, 0.2) is 0 Å². The summed E-state index contributed by atoms with van der Waals surface area (Å²) in [6, 6.07) is 5.65. The van der Waals surface area contributed by atoms with E-state index in [2.05, 4.69) is 20.6 Å². The van der Waals surface area contributed by atoms with Crippen LogP contribution in [0.15, 0.2) is 30.6 Å². The number of ether oxygens (including phenoxy) is 2. The lowest BCUT2D eigenvalue weighted by molar-refractivity contribution is -0.123. The largest absolute Gasteiger partial charge is 0.497 e. The fourth-order valence-electron chi connectivity index (χ4n) is 3.63. The van der Waals surface area contributed by atoms with Gasteiger partial charge in [0.2, 0.25) is 5.91 Å². The van der Waals surface area contributed by atoms with Gasteiger partial charge in [-0.3, -0.25) is 14.4 Å². The second-order valence-corrected chi connectivity index (χ2v) is 7.12. The van der Waals surface area contributed by atoms with Crippen molar-refractivity contribution in [2.24, 2.45) is 7.05 Å². The highest BCUT2D eigenvalue weighted by atomic mass is 16.5. The van der Waals surface area contributed by atoms with Gasteiger partial charge >= 0.3 is 0 Å². The van der Waals surface area contributed by atoms with Gasteiger partial charge in [0.05, 0.1) is 20.4 Å². The van der Waals surface area contributed by atoms with E-state index in [0.29, 0.717) is 0 Å². The molecule has 1 aromatic heterocycles. The number of nitrogens with one attached hydrogen (secondary N) is 2. The lowest BCUT2D eigenvalue weighted by atomic mass is 10.1. The van der Waals surface area contributed by atoms with E-state index in [9.17, 15) is 4.79 Å². The Morgan fingerprint density at radius 3 is 2.57 bits per heavy atom. The zero-order valence-electron chi connectivity index (χ0n) is 16.9. The Hall–Kier alpha value is -2.58. The van der Waals surface area contributed by atoms with Crippen molar-refractivity contribution in [3.05, 3.63) is 41.7 Å². The molecule has 28 heavy (non-hydrogen) atoms. The summed E-state index contributed by atoms with van der Waals surface area (Å²) in [5.41, 5.74) is 1.99. The average molecular weight is 387 g/mol. The van der Waals surface area contributed by atoms with E-state index in [1.165, 1.54) is 0 Å². The second kappa shape index (κ2) is 9.07. The summed E-state index contributed by atoms with van der Waals surface area (Å²) in [6.45, 7) is 2.54. The third-order valence-electron chi connectivity index (χ3n) is 5.05. The molecule has 1 aromatic carbocycles. The van der Waals surface area contributed by atoms with Gasteiger partial charge in [0, 0.05) is 50.6 Å². The normalized spacial score (nSPS) is 18.1. The molecule has 0 saturated carbocycles. The number of hydrogen-bond donors (Lipinski definition) is 2. The number of hydrogen-bond acceptors (Lipinski definition) is 6. The first-order valence-electron chi connectivity index (χ1n) is 9.43. The van der Waals surface area contributed by atoms with Crippen LogP contribution in [0.4, 0.5) is 0 Å². The minimum absolute atomic E-state index is 0.0228. The van der Waals surface area contributed by atoms with Gasteiger partial charge < -0.3 is 20.1 Å². The molecule has 2 unspecified atom stereocenters. The zero-order chi connectivity index (χ0) is 20.1.